The summed E-state index contributed by atoms with van der Waals surface area (Å²) in [6.07, 6.45) is 3.69. The molecule has 0 unspecified atom stereocenters. The van der Waals surface area contributed by atoms with Gasteiger partial charge in [0.1, 0.15) is 0 Å². The van der Waals surface area contributed by atoms with Crippen LogP contribution in [0.1, 0.15) is 21.5 Å². The SMILES string of the molecule is O=C(c1cccc(Cn2cccn2)c1)N1CCN(Cc2ccc3c(c2)OCO3)CC1. The highest BCUT2D eigenvalue weighted by Gasteiger charge is 2.23. The van der Waals surface area contributed by atoms with Crippen LogP contribution >= 0.6 is 0 Å². The number of carbonyl (C=O) groups is 1. The molecule has 0 saturated carbocycles. The zero-order chi connectivity index (χ0) is 20.3. The Morgan fingerprint density at radius 1 is 0.900 bits per heavy atom. The minimum atomic E-state index is 0.0973. The van der Waals surface area contributed by atoms with Crippen LogP contribution in [0.4, 0.5) is 0 Å². The van der Waals surface area contributed by atoms with E-state index in [1.807, 2.05) is 58.2 Å². The van der Waals surface area contributed by atoms with E-state index >= 15 is 0 Å². The lowest BCUT2D eigenvalue weighted by molar-refractivity contribution is 0.0628. The van der Waals surface area contributed by atoms with Gasteiger partial charge in [0.25, 0.3) is 5.91 Å². The number of aromatic nitrogens is 2. The molecular formula is C23H24N4O3. The molecule has 3 heterocycles. The molecule has 2 aliphatic rings. The van der Waals surface area contributed by atoms with Crippen molar-refractivity contribution in [2.24, 2.45) is 0 Å². The average Bonchev–Trinajstić information content (AvgIpc) is 3.45. The zero-order valence-electron chi connectivity index (χ0n) is 16.7. The van der Waals surface area contributed by atoms with Crippen molar-refractivity contribution in [3.8, 4) is 11.5 Å². The highest BCUT2D eigenvalue weighted by Crippen LogP contribution is 2.32. The number of fused-ring (bicyclic) bond motifs is 1. The van der Waals surface area contributed by atoms with Gasteiger partial charge in [-0.05, 0) is 41.5 Å². The number of benzene rings is 2. The van der Waals surface area contributed by atoms with Crippen LogP contribution in [0.2, 0.25) is 0 Å². The van der Waals surface area contributed by atoms with E-state index < -0.39 is 0 Å². The van der Waals surface area contributed by atoms with E-state index in [0.29, 0.717) is 13.3 Å². The van der Waals surface area contributed by atoms with Gasteiger partial charge in [-0.2, -0.15) is 5.10 Å². The van der Waals surface area contributed by atoms with Gasteiger partial charge >= 0.3 is 0 Å². The van der Waals surface area contributed by atoms with Crippen molar-refractivity contribution >= 4 is 5.91 Å². The number of rotatable bonds is 5. The van der Waals surface area contributed by atoms with Crippen LogP contribution in [0, 0.1) is 0 Å². The predicted octanol–water partition coefficient (Wildman–Crippen LogP) is 2.62. The molecule has 7 nitrogen and oxygen atoms in total. The lowest BCUT2D eigenvalue weighted by Gasteiger charge is -2.35. The van der Waals surface area contributed by atoms with E-state index in [1.54, 1.807) is 6.20 Å². The summed E-state index contributed by atoms with van der Waals surface area (Å²) in [7, 11) is 0. The Morgan fingerprint density at radius 3 is 2.57 bits per heavy atom. The number of carbonyl (C=O) groups excluding carboxylic acids is 1. The highest BCUT2D eigenvalue weighted by atomic mass is 16.7. The van der Waals surface area contributed by atoms with Crippen LogP contribution in [-0.4, -0.2) is 58.5 Å². The monoisotopic (exact) mass is 404 g/mol. The molecule has 5 rings (SSSR count). The molecule has 0 aliphatic carbocycles. The number of hydrogen-bond donors (Lipinski definition) is 0. The summed E-state index contributed by atoms with van der Waals surface area (Å²) in [5.74, 6) is 1.72. The molecule has 0 radical (unpaired) electrons. The number of ether oxygens (including phenoxy) is 2. The van der Waals surface area contributed by atoms with E-state index in [1.165, 1.54) is 5.56 Å². The molecule has 2 aromatic carbocycles. The van der Waals surface area contributed by atoms with Crippen molar-refractivity contribution in [3.63, 3.8) is 0 Å². The van der Waals surface area contributed by atoms with E-state index in [9.17, 15) is 4.79 Å². The summed E-state index contributed by atoms with van der Waals surface area (Å²) in [6, 6.07) is 15.8. The second kappa shape index (κ2) is 8.20. The minimum absolute atomic E-state index is 0.0973. The molecular weight excluding hydrogens is 380 g/mol. The maximum atomic E-state index is 13.0. The first-order valence-corrected chi connectivity index (χ1v) is 10.2. The Labute approximate surface area is 175 Å². The fourth-order valence-electron chi connectivity index (χ4n) is 3.97. The molecule has 0 bridgehead atoms. The Balaban J connectivity index is 1.18. The number of hydrogen-bond acceptors (Lipinski definition) is 5. The van der Waals surface area contributed by atoms with Gasteiger partial charge in [-0.1, -0.05) is 18.2 Å². The second-order valence-electron chi connectivity index (χ2n) is 7.66. The quantitative estimate of drug-likeness (QED) is 0.654. The van der Waals surface area contributed by atoms with Gasteiger partial charge < -0.3 is 14.4 Å². The first-order chi connectivity index (χ1) is 14.7. The number of amides is 1. The Morgan fingerprint density at radius 2 is 1.73 bits per heavy atom. The van der Waals surface area contributed by atoms with Crippen molar-refractivity contribution in [2.45, 2.75) is 13.1 Å². The first-order valence-electron chi connectivity index (χ1n) is 10.2. The van der Waals surface area contributed by atoms with Gasteiger partial charge in [0.05, 0.1) is 6.54 Å². The van der Waals surface area contributed by atoms with Crippen LogP contribution < -0.4 is 9.47 Å². The molecule has 1 aromatic heterocycles. The molecule has 3 aromatic rings. The third kappa shape index (κ3) is 4.02. The van der Waals surface area contributed by atoms with E-state index in [2.05, 4.69) is 16.1 Å². The van der Waals surface area contributed by atoms with Gasteiger partial charge in [-0.3, -0.25) is 14.4 Å². The smallest absolute Gasteiger partial charge is 0.253 e. The molecule has 2 aliphatic heterocycles. The maximum Gasteiger partial charge on any atom is 0.253 e. The summed E-state index contributed by atoms with van der Waals surface area (Å²) in [4.78, 5) is 17.3. The molecule has 154 valence electrons. The van der Waals surface area contributed by atoms with Crippen molar-refractivity contribution in [1.29, 1.82) is 0 Å². The molecule has 0 atom stereocenters. The summed E-state index contributed by atoms with van der Waals surface area (Å²) in [6.45, 7) is 4.97. The fraction of sp³-hybridized carbons (Fsp3) is 0.304. The van der Waals surface area contributed by atoms with Gasteiger partial charge in [-0.25, -0.2) is 0 Å². The summed E-state index contributed by atoms with van der Waals surface area (Å²) in [5, 5.41) is 4.24. The molecule has 0 N–H and O–H groups in total. The van der Waals surface area contributed by atoms with Crippen molar-refractivity contribution in [3.05, 3.63) is 77.6 Å². The minimum Gasteiger partial charge on any atom is -0.454 e. The van der Waals surface area contributed by atoms with Crippen molar-refractivity contribution in [2.75, 3.05) is 33.0 Å². The number of nitrogens with zero attached hydrogens (tertiary/aromatic N) is 4. The second-order valence-corrected chi connectivity index (χ2v) is 7.66. The summed E-state index contributed by atoms with van der Waals surface area (Å²) < 4.78 is 12.7. The Hall–Kier alpha value is -3.32. The van der Waals surface area contributed by atoms with Crippen molar-refractivity contribution < 1.29 is 14.3 Å². The molecule has 1 saturated heterocycles. The van der Waals surface area contributed by atoms with Gasteiger partial charge in [0, 0.05) is 50.7 Å². The molecule has 0 spiro atoms. The molecule has 1 amide bonds. The van der Waals surface area contributed by atoms with Gasteiger partial charge in [0.15, 0.2) is 11.5 Å². The maximum absolute atomic E-state index is 13.0. The number of piperazine rings is 1. The summed E-state index contributed by atoms with van der Waals surface area (Å²) >= 11 is 0. The fourth-order valence-corrected chi connectivity index (χ4v) is 3.97. The van der Waals surface area contributed by atoms with E-state index in [0.717, 1.165) is 55.3 Å². The van der Waals surface area contributed by atoms with Crippen LogP contribution in [-0.2, 0) is 13.1 Å². The first kappa shape index (κ1) is 18.7. The highest BCUT2D eigenvalue weighted by molar-refractivity contribution is 5.94. The lowest BCUT2D eigenvalue weighted by atomic mass is 10.1. The molecule has 1 fully saturated rings. The third-order valence-electron chi connectivity index (χ3n) is 5.58. The molecule has 30 heavy (non-hydrogen) atoms. The van der Waals surface area contributed by atoms with Crippen molar-refractivity contribution in [1.82, 2.24) is 19.6 Å². The van der Waals surface area contributed by atoms with Gasteiger partial charge in [0.2, 0.25) is 6.79 Å². The molecule has 7 heteroatoms. The van der Waals surface area contributed by atoms with Crippen LogP contribution in [0.3, 0.4) is 0 Å². The van der Waals surface area contributed by atoms with E-state index in [-0.39, 0.29) is 5.91 Å². The summed E-state index contributed by atoms with van der Waals surface area (Å²) in [5.41, 5.74) is 3.01. The van der Waals surface area contributed by atoms with Gasteiger partial charge in [-0.15, -0.1) is 0 Å². The van der Waals surface area contributed by atoms with Crippen LogP contribution in [0.5, 0.6) is 11.5 Å². The van der Waals surface area contributed by atoms with Crippen LogP contribution in [0.15, 0.2) is 60.9 Å². The zero-order valence-corrected chi connectivity index (χ0v) is 16.7. The Kier molecular flexibility index (Phi) is 5.11. The normalized spacial score (nSPS) is 16.1. The predicted molar refractivity (Wildman–Crippen MR) is 112 cm³/mol. The standard InChI is InChI=1S/C23H24N4O3/c28-23(20-4-1-3-18(13-20)16-27-8-2-7-24-27)26-11-9-25(10-12-26)15-19-5-6-21-22(14-19)30-17-29-21/h1-8,13-14H,9-12,15-17H2. The lowest BCUT2D eigenvalue weighted by Crippen LogP contribution is -2.48. The average molecular weight is 404 g/mol. The topological polar surface area (TPSA) is 59.8 Å². The van der Waals surface area contributed by atoms with E-state index in [4.69, 9.17) is 9.47 Å². The van der Waals surface area contributed by atoms with Crippen LogP contribution in [0.25, 0.3) is 0 Å². The third-order valence-corrected chi connectivity index (χ3v) is 5.58. The Bertz CT molecular complexity index is 1030. The largest absolute Gasteiger partial charge is 0.454 e.